The van der Waals surface area contributed by atoms with E-state index < -0.39 is 0 Å². The van der Waals surface area contributed by atoms with Gasteiger partial charge in [-0.25, -0.2) is 0 Å². The molecule has 0 aliphatic heterocycles. The van der Waals surface area contributed by atoms with Crippen LogP contribution < -0.4 is 0 Å². The van der Waals surface area contributed by atoms with Gasteiger partial charge in [0.2, 0.25) is 0 Å². The number of rotatable bonds is 0. The third-order valence-electron chi connectivity index (χ3n) is 3.24. The van der Waals surface area contributed by atoms with Gasteiger partial charge in [0.15, 0.2) is 0 Å². The van der Waals surface area contributed by atoms with Crippen molar-refractivity contribution >= 4 is 0 Å². The van der Waals surface area contributed by atoms with Gasteiger partial charge in [0.1, 0.15) is 0 Å². The van der Waals surface area contributed by atoms with Gasteiger partial charge in [-0.15, -0.1) is 0 Å². The fourth-order valence-corrected chi connectivity index (χ4v) is 2.51. The lowest BCUT2D eigenvalue weighted by atomic mass is 9.76. The molecule has 1 rings (SSSR count). The number of hydrogen-bond donors (Lipinski definition) is 0. The van der Waals surface area contributed by atoms with E-state index >= 15 is 0 Å². The van der Waals surface area contributed by atoms with E-state index in [2.05, 4.69) is 40.7 Å². The summed E-state index contributed by atoms with van der Waals surface area (Å²) in [7, 11) is 0. The maximum Gasteiger partial charge on any atom is -0.0152 e. The van der Waals surface area contributed by atoms with Crippen LogP contribution in [0.2, 0.25) is 0 Å². The summed E-state index contributed by atoms with van der Waals surface area (Å²) >= 11 is 0. The Balaban J connectivity index is 2.81. The summed E-state index contributed by atoms with van der Waals surface area (Å²) in [6.45, 7) is 11.6. The standard InChI is InChI=1S/C12H22/c1-6-10-9(2)7-8-11(10)12(3,4)5/h6,9,11H,7-8H2,1-5H3/b10-6-. The molecule has 0 aromatic rings. The van der Waals surface area contributed by atoms with E-state index in [0.29, 0.717) is 5.41 Å². The fraction of sp³-hybridized carbons (Fsp3) is 0.833. The second-order valence-electron chi connectivity index (χ2n) is 5.19. The predicted molar refractivity (Wildman–Crippen MR) is 55.1 cm³/mol. The van der Waals surface area contributed by atoms with Crippen LogP contribution in [-0.2, 0) is 0 Å². The fourth-order valence-electron chi connectivity index (χ4n) is 2.51. The minimum atomic E-state index is 0.465. The molecule has 0 N–H and O–H groups in total. The summed E-state index contributed by atoms with van der Waals surface area (Å²) in [6.07, 6.45) is 5.12. The van der Waals surface area contributed by atoms with Crippen LogP contribution in [0.1, 0.15) is 47.5 Å². The third-order valence-corrected chi connectivity index (χ3v) is 3.24. The maximum absolute atomic E-state index is 2.36. The molecule has 1 aliphatic rings. The van der Waals surface area contributed by atoms with Crippen molar-refractivity contribution in [3.8, 4) is 0 Å². The van der Waals surface area contributed by atoms with Crippen molar-refractivity contribution in [3.63, 3.8) is 0 Å². The summed E-state index contributed by atoms with van der Waals surface area (Å²) < 4.78 is 0. The summed E-state index contributed by atoms with van der Waals surface area (Å²) in [5.74, 6) is 1.66. The van der Waals surface area contributed by atoms with E-state index in [1.54, 1.807) is 5.57 Å². The average Bonchev–Trinajstić information content (AvgIpc) is 2.29. The van der Waals surface area contributed by atoms with Crippen LogP contribution in [0.25, 0.3) is 0 Å². The Bertz CT molecular complexity index is 181. The molecule has 70 valence electrons. The monoisotopic (exact) mass is 166 g/mol. The quantitative estimate of drug-likeness (QED) is 0.477. The topological polar surface area (TPSA) is 0 Å². The molecule has 0 aromatic carbocycles. The van der Waals surface area contributed by atoms with E-state index in [9.17, 15) is 0 Å². The van der Waals surface area contributed by atoms with Crippen molar-refractivity contribution in [2.24, 2.45) is 17.3 Å². The molecule has 1 fully saturated rings. The molecule has 0 saturated heterocycles. The molecule has 0 radical (unpaired) electrons. The highest BCUT2D eigenvalue weighted by Crippen LogP contribution is 2.45. The Labute approximate surface area is 77.1 Å². The molecule has 0 nitrogen and oxygen atoms in total. The highest BCUT2D eigenvalue weighted by molar-refractivity contribution is 5.16. The molecule has 1 aliphatic carbocycles. The summed E-state index contributed by atoms with van der Waals surface area (Å²) in [5.41, 5.74) is 2.16. The highest BCUT2D eigenvalue weighted by Gasteiger charge is 2.34. The first-order valence-electron chi connectivity index (χ1n) is 5.13. The van der Waals surface area contributed by atoms with E-state index in [1.807, 2.05) is 0 Å². The van der Waals surface area contributed by atoms with Crippen LogP contribution in [0.5, 0.6) is 0 Å². The Kier molecular flexibility index (Phi) is 2.65. The van der Waals surface area contributed by atoms with Gasteiger partial charge >= 0.3 is 0 Å². The summed E-state index contributed by atoms with van der Waals surface area (Å²) in [4.78, 5) is 0. The molecular formula is C12H22. The van der Waals surface area contributed by atoms with E-state index in [1.165, 1.54) is 12.8 Å². The molecule has 12 heavy (non-hydrogen) atoms. The molecular weight excluding hydrogens is 144 g/mol. The van der Waals surface area contributed by atoms with Crippen LogP contribution in [0.4, 0.5) is 0 Å². The lowest BCUT2D eigenvalue weighted by molar-refractivity contribution is 0.284. The van der Waals surface area contributed by atoms with E-state index in [-0.39, 0.29) is 0 Å². The maximum atomic E-state index is 2.36. The Hall–Kier alpha value is -0.260. The van der Waals surface area contributed by atoms with Crippen LogP contribution in [-0.4, -0.2) is 0 Å². The van der Waals surface area contributed by atoms with Crippen LogP contribution >= 0.6 is 0 Å². The highest BCUT2D eigenvalue weighted by atomic mass is 14.4. The summed E-state index contributed by atoms with van der Waals surface area (Å²) in [5, 5.41) is 0. The second-order valence-corrected chi connectivity index (χ2v) is 5.19. The van der Waals surface area contributed by atoms with Gasteiger partial charge in [-0.1, -0.05) is 39.3 Å². The zero-order valence-electron chi connectivity index (χ0n) is 9.15. The van der Waals surface area contributed by atoms with Crippen LogP contribution in [0.3, 0.4) is 0 Å². The molecule has 2 unspecified atom stereocenters. The van der Waals surface area contributed by atoms with E-state index in [4.69, 9.17) is 0 Å². The van der Waals surface area contributed by atoms with Gasteiger partial charge in [-0.3, -0.25) is 0 Å². The Morgan fingerprint density at radius 2 is 1.83 bits per heavy atom. The van der Waals surface area contributed by atoms with Gasteiger partial charge in [0, 0.05) is 0 Å². The Morgan fingerprint density at radius 1 is 1.25 bits per heavy atom. The molecule has 0 heteroatoms. The normalized spacial score (nSPS) is 34.6. The zero-order valence-corrected chi connectivity index (χ0v) is 9.15. The molecule has 2 atom stereocenters. The van der Waals surface area contributed by atoms with E-state index in [0.717, 1.165) is 11.8 Å². The first-order valence-corrected chi connectivity index (χ1v) is 5.13. The molecule has 0 heterocycles. The average molecular weight is 166 g/mol. The van der Waals surface area contributed by atoms with Gasteiger partial charge < -0.3 is 0 Å². The first-order chi connectivity index (χ1) is 5.46. The van der Waals surface area contributed by atoms with Gasteiger partial charge in [-0.05, 0) is 37.0 Å². The number of allylic oxidation sites excluding steroid dienone is 2. The molecule has 0 bridgehead atoms. The van der Waals surface area contributed by atoms with Crippen molar-refractivity contribution in [2.75, 3.05) is 0 Å². The van der Waals surface area contributed by atoms with Crippen molar-refractivity contribution in [2.45, 2.75) is 47.5 Å². The second kappa shape index (κ2) is 3.24. The number of hydrogen-bond acceptors (Lipinski definition) is 0. The molecule has 1 saturated carbocycles. The van der Waals surface area contributed by atoms with Gasteiger partial charge in [-0.2, -0.15) is 0 Å². The van der Waals surface area contributed by atoms with Crippen molar-refractivity contribution in [3.05, 3.63) is 11.6 Å². The lowest BCUT2D eigenvalue weighted by Gasteiger charge is -2.29. The van der Waals surface area contributed by atoms with Gasteiger partial charge in [0.25, 0.3) is 0 Å². The molecule has 0 amide bonds. The third kappa shape index (κ3) is 1.73. The Morgan fingerprint density at radius 3 is 2.17 bits per heavy atom. The minimum Gasteiger partial charge on any atom is -0.0879 e. The zero-order chi connectivity index (χ0) is 9.35. The SMILES string of the molecule is C/C=C1/C(C)CCC1C(C)(C)C. The first kappa shape index (κ1) is 9.83. The van der Waals surface area contributed by atoms with Crippen LogP contribution in [0.15, 0.2) is 11.6 Å². The van der Waals surface area contributed by atoms with Gasteiger partial charge in [0.05, 0.1) is 0 Å². The van der Waals surface area contributed by atoms with Crippen LogP contribution in [0, 0.1) is 17.3 Å². The van der Waals surface area contributed by atoms with Crippen molar-refractivity contribution in [1.29, 1.82) is 0 Å². The van der Waals surface area contributed by atoms with Crippen molar-refractivity contribution in [1.82, 2.24) is 0 Å². The molecule has 0 spiro atoms. The summed E-state index contributed by atoms with van der Waals surface area (Å²) in [6, 6.07) is 0. The molecule has 0 aromatic heterocycles. The predicted octanol–water partition coefficient (Wildman–Crippen LogP) is 4.02. The minimum absolute atomic E-state index is 0.465. The largest absolute Gasteiger partial charge is 0.0879 e. The lowest BCUT2D eigenvalue weighted by Crippen LogP contribution is -2.19. The van der Waals surface area contributed by atoms with Crippen molar-refractivity contribution < 1.29 is 0 Å². The smallest absolute Gasteiger partial charge is 0.0152 e.